The zero-order valence-corrected chi connectivity index (χ0v) is 16.3. The molecule has 134 valence electrons. The number of pyridine rings is 1. The van der Waals surface area contributed by atoms with Gasteiger partial charge in [-0.3, -0.25) is 4.79 Å². The lowest BCUT2D eigenvalue weighted by Crippen LogP contribution is -2.39. The van der Waals surface area contributed by atoms with E-state index in [-0.39, 0.29) is 11.9 Å². The Labute approximate surface area is 154 Å². The lowest BCUT2D eigenvalue weighted by molar-refractivity contribution is -0.119. The van der Waals surface area contributed by atoms with E-state index in [1.54, 1.807) is 18.7 Å². The molecule has 1 aliphatic rings. The van der Waals surface area contributed by atoms with Crippen LogP contribution in [-0.2, 0) is 4.79 Å². The van der Waals surface area contributed by atoms with Gasteiger partial charge < -0.3 is 10.2 Å². The van der Waals surface area contributed by atoms with E-state index >= 15 is 0 Å². The second kappa shape index (κ2) is 7.65. The van der Waals surface area contributed by atoms with Gasteiger partial charge in [-0.2, -0.15) is 0 Å². The van der Waals surface area contributed by atoms with Gasteiger partial charge in [-0.25, -0.2) is 4.98 Å². The number of amides is 1. The summed E-state index contributed by atoms with van der Waals surface area (Å²) in [6.07, 6.45) is 4.36. The molecule has 1 N–H and O–H groups in total. The number of carbonyl (C=O) groups is 1. The smallest absolute Gasteiger partial charge is 0.217 e. The van der Waals surface area contributed by atoms with Gasteiger partial charge in [0.05, 0.1) is 11.6 Å². The molecule has 1 amide bonds. The highest BCUT2D eigenvalue weighted by molar-refractivity contribution is 7.98. The first-order chi connectivity index (χ1) is 12.0. The molecule has 1 fully saturated rings. The molecule has 5 heteroatoms. The highest BCUT2D eigenvalue weighted by atomic mass is 32.2. The number of rotatable bonds is 5. The second-order valence-electron chi connectivity index (χ2n) is 6.94. The summed E-state index contributed by atoms with van der Waals surface area (Å²) in [6, 6.07) is 8.87. The van der Waals surface area contributed by atoms with E-state index in [0.717, 1.165) is 37.3 Å². The molecule has 1 aromatic carbocycles. The average molecular weight is 358 g/mol. The van der Waals surface area contributed by atoms with Crippen LogP contribution in [0.1, 0.15) is 32.3 Å². The Balaban J connectivity index is 1.89. The third-order valence-corrected chi connectivity index (χ3v) is 5.75. The SMILES string of the molecule is CCC[C@@H]1CN(c2cc(C)c3cc(SC)ccc3n2)C[C@H]1NC(C)=O. The van der Waals surface area contributed by atoms with Gasteiger partial charge in [0.2, 0.25) is 5.91 Å². The molecule has 2 atom stereocenters. The molecule has 2 aromatic rings. The minimum Gasteiger partial charge on any atom is -0.354 e. The number of nitrogens with zero attached hydrogens (tertiary/aromatic N) is 2. The Bertz CT molecular complexity index is 777. The third kappa shape index (κ3) is 3.92. The Morgan fingerprint density at radius 3 is 2.84 bits per heavy atom. The van der Waals surface area contributed by atoms with Gasteiger partial charge in [-0.05, 0) is 55.3 Å². The molecule has 1 aromatic heterocycles. The van der Waals surface area contributed by atoms with Gasteiger partial charge in [0, 0.05) is 30.3 Å². The maximum atomic E-state index is 11.5. The second-order valence-corrected chi connectivity index (χ2v) is 7.82. The first-order valence-corrected chi connectivity index (χ1v) is 10.2. The highest BCUT2D eigenvalue weighted by Crippen LogP contribution is 2.30. The van der Waals surface area contributed by atoms with Gasteiger partial charge in [-0.15, -0.1) is 11.8 Å². The lowest BCUT2D eigenvalue weighted by Gasteiger charge is -2.19. The van der Waals surface area contributed by atoms with E-state index in [0.29, 0.717) is 5.92 Å². The molecular formula is C20H27N3OS. The summed E-state index contributed by atoms with van der Waals surface area (Å²) >= 11 is 1.76. The van der Waals surface area contributed by atoms with Crippen molar-refractivity contribution in [2.75, 3.05) is 24.2 Å². The number of aryl methyl sites for hydroxylation is 1. The molecule has 1 saturated heterocycles. The van der Waals surface area contributed by atoms with Gasteiger partial charge in [0.15, 0.2) is 0 Å². The molecule has 0 aliphatic carbocycles. The monoisotopic (exact) mass is 357 g/mol. The maximum Gasteiger partial charge on any atom is 0.217 e. The summed E-state index contributed by atoms with van der Waals surface area (Å²) in [7, 11) is 0. The first-order valence-electron chi connectivity index (χ1n) is 8.99. The van der Waals surface area contributed by atoms with Crippen LogP contribution in [-0.4, -0.2) is 36.3 Å². The molecular weight excluding hydrogens is 330 g/mol. The van der Waals surface area contributed by atoms with E-state index in [1.807, 2.05) is 0 Å². The minimum absolute atomic E-state index is 0.0557. The van der Waals surface area contributed by atoms with E-state index in [1.165, 1.54) is 15.8 Å². The molecule has 25 heavy (non-hydrogen) atoms. The summed E-state index contributed by atoms with van der Waals surface area (Å²) in [4.78, 5) is 20.0. The molecule has 0 unspecified atom stereocenters. The van der Waals surface area contributed by atoms with E-state index in [9.17, 15) is 4.79 Å². The molecule has 1 aliphatic heterocycles. The zero-order valence-electron chi connectivity index (χ0n) is 15.5. The van der Waals surface area contributed by atoms with Gasteiger partial charge in [0.1, 0.15) is 5.82 Å². The van der Waals surface area contributed by atoms with Crippen LogP contribution in [0.5, 0.6) is 0 Å². The summed E-state index contributed by atoms with van der Waals surface area (Å²) in [5.74, 6) is 1.57. The van der Waals surface area contributed by atoms with E-state index < -0.39 is 0 Å². The largest absolute Gasteiger partial charge is 0.354 e. The predicted octanol–water partition coefficient (Wildman–Crippen LogP) is 4.01. The topological polar surface area (TPSA) is 45.2 Å². The molecule has 4 nitrogen and oxygen atoms in total. The van der Waals surface area contributed by atoms with Crippen molar-refractivity contribution < 1.29 is 4.79 Å². The van der Waals surface area contributed by atoms with Crippen molar-refractivity contribution in [3.8, 4) is 0 Å². The Morgan fingerprint density at radius 2 is 2.16 bits per heavy atom. The van der Waals surface area contributed by atoms with Crippen LogP contribution in [0.2, 0.25) is 0 Å². The zero-order chi connectivity index (χ0) is 18.0. The van der Waals surface area contributed by atoms with Gasteiger partial charge in [-0.1, -0.05) is 13.3 Å². The third-order valence-electron chi connectivity index (χ3n) is 5.02. The Kier molecular flexibility index (Phi) is 5.52. The van der Waals surface area contributed by atoms with Crippen LogP contribution in [0.25, 0.3) is 10.9 Å². The number of thioether (sulfide) groups is 1. The van der Waals surface area contributed by atoms with Crippen LogP contribution in [0.3, 0.4) is 0 Å². The summed E-state index contributed by atoms with van der Waals surface area (Å²) in [6.45, 7) is 7.76. The quantitative estimate of drug-likeness (QED) is 0.822. The molecule has 2 heterocycles. The normalized spacial score (nSPS) is 20.2. The standard InChI is InChI=1S/C20H27N3OS/c1-5-6-15-11-23(12-19(15)21-14(3)24)20-9-13(2)17-10-16(25-4)7-8-18(17)22-20/h7-10,15,19H,5-6,11-12H2,1-4H3,(H,21,24)/t15-,19-/m1/s1. The number of hydrogen-bond donors (Lipinski definition) is 1. The van der Waals surface area contributed by atoms with Gasteiger partial charge >= 0.3 is 0 Å². The summed E-state index contributed by atoms with van der Waals surface area (Å²) in [5, 5.41) is 4.35. The molecule has 0 spiro atoms. The molecule has 0 radical (unpaired) electrons. The van der Waals surface area contributed by atoms with Crippen molar-refractivity contribution in [2.24, 2.45) is 5.92 Å². The van der Waals surface area contributed by atoms with Crippen LogP contribution in [0.4, 0.5) is 5.82 Å². The number of fused-ring (bicyclic) bond motifs is 1. The van der Waals surface area contributed by atoms with Crippen LogP contribution in [0.15, 0.2) is 29.2 Å². The number of benzene rings is 1. The van der Waals surface area contributed by atoms with E-state index in [2.05, 4.69) is 54.6 Å². The van der Waals surface area contributed by atoms with Crippen molar-refractivity contribution in [3.05, 3.63) is 29.8 Å². The van der Waals surface area contributed by atoms with Crippen molar-refractivity contribution >= 4 is 34.4 Å². The van der Waals surface area contributed by atoms with Crippen molar-refractivity contribution in [1.82, 2.24) is 10.3 Å². The predicted molar refractivity (Wildman–Crippen MR) is 106 cm³/mol. The number of nitrogens with one attached hydrogen (secondary N) is 1. The fourth-order valence-corrected chi connectivity index (χ4v) is 4.23. The van der Waals surface area contributed by atoms with Crippen LogP contribution in [0, 0.1) is 12.8 Å². The van der Waals surface area contributed by atoms with Crippen LogP contribution >= 0.6 is 11.8 Å². The Morgan fingerprint density at radius 1 is 1.36 bits per heavy atom. The lowest BCUT2D eigenvalue weighted by atomic mass is 9.98. The summed E-state index contributed by atoms with van der Waals surface area (Å²) in [5.41, 5.74) is 2.30. The van der Waals surface area contributed by atoms with E-state index in [4.69, 9.17) is 4.98 Å². The van der Waals surface area contributed by atoms with Crippen molar-refractivity contribution in [1.29, 1.82) is 0 Å². The number of carbonyl (C=O) groups excluding carboxylic acids is 1. The maximum absolute atomic E-state index is 11.5. The summed E-state index contributed by atoms with van der Waals surface area (Å²) < 4.78 is 0. The van der Waals surface area contributed by atoms with Crippen LogP contribution < -0.4 is 10.2 Å². The Hall–Kier alpha value is -1.75. The fourth-order valence-electron chi connectivity index (χ4n) is 3.79. The van der Waals surface area contributed by atoms with Gasteiger partial charge in [0.25, 0.3) is 0 Å². The highest BCUT2D eigenvalue weighted by Gasteiger charge is 2.33. The van der Waals surface area contributed by atoms with Crippen molar-refractivity contribution in [2.45, 2.75) is 44.6 Å². The minimum atomic E-state index is 0.0557. The number of anilines is 1. The number of aromatic nitrogens is 1. The first kappa shape index (κ1) is 18.1. The average Bonchev–Trinajstić information content (AvgIpc) is 2.97. The van der Waals surface area contributed by atoms with Crippen molar-refractivity contribution in [3.63, 3.8) is 0 Å². The fraction of sp³-hybridized carbons (Fsp3) is 0.500. The molecule has 0 bridgehead atoms. The molecule has 3 rings (SSSR count). The number of hydrogen-bond acceptors (Lipinski definition) is 4. The molecule has 0 saturated carbocycles.